The third-order valence-electron chi connectivity index (χ3n) is 4.55. The van der Waals surface area contributed by atoms with Gasteiger partial charge in [0.05, 0.1) is 0 Å². The van der Waals surface area contributed by atoms with Gasteiger partial charge in [-0.15, -0.1) is 12.4 Å². The molecule has 2 fully saturated rings. The monoisotopic (exact) mass is 328 g/mol. The number of hydrogen-bond donors (Lipinski definition) is 1. The van der Waals surface area contributed by atoms with Crippen LogP contribution in [0, 0.1) is 5.92 Å². The van der Waals surface area contributed by atoms with Crippen molar-refractivity contribution < 1.29 is 4.79 Å². The number of likely N-dealkylation sites (tertiary alicyclic amines) is 1. The molecule has 1 N–H and O–H groups in total. The number of carbonyl (C=O) groups excluding carboxylic acids is 1. The van der Waals surface area contributed by atoms with Gasteiger partial charge >= 0.3 is 0 Å². The highest BCUT2D eigenvalue weighted by Gasteiger charge is 2.46. The summed E-state index contributed by atoms with van der Waals surface area (Å²) in [4.78, 5) is 14.6. The maximum absolute atomic E-state index is 12.6. The van der Waals surface area contributed by atoms with E-state index in [1.165, 1.54) is 6.42 Å². The Kier molecular flexibility index (Phi) is 5.53. The standard InChI is InChI=1S/C16H21ClN2O.ClH/c1-18-11-5-4-8-19(10-11)16(20)14-9-13(14)12-6-2-3-7-15(12)17;/h2-3,6-7,11,13-14,18H,4-5,8-10H2,1H3;1H. The summed E-state index contributed by atoms with van der Waals surface area (Å²) >= 11 is 6.23. The van der Waals surface area contributed by atoms with Gasteiger partial charge in [0.25, 0.3) is 0 Å². The number of nitrogens with one attached hydrogen (secondary N) is 1. The highest BCUT2D eigenvalue weighted by atomic mass is 35.5. The fourth-order valence-corrected chi connectivity index (χ4v) is 3.51. The van der Waals surface area contributed by atoms with E-state index < -0.39 is 0 Å². The van der Waals surface area contributed by atoms with Crippen LogP contribution in [0.1, 0.15) is 30.7 Å². The van der Waals surface area contributed by atoms with Crippen LogP contribution in [0.15, 0.2) is 24.3 Å². The van der Waals surface area contributed by atoms with Crippen molar-refractivity contribution in [3.05, 3.63) is 34.9 Å². The first-order chi connectivity index (χ1) is 9.70. The number of hydrogen-bond acceptors (Lipinski definition) is 2. The summed E-state index contributed by atoms with van der Waals surface area (Å²) in [6.07, 6.45) is 3.21. The molecule has 0 bridgehead atoms. The summed E-state index contributed by atoms with van der Waals surface area (Å²) in [6, 6.07) is 8.35. The lowest BCUT2D eigenvalue weighted by Crippen LogP contribution is -2.47. The van der Waals surface area contributed by atoms with Gasteiger partial charge in [0.1, 0.15) is 0 Å². The minimum absolute atomic E-state index is 0. The number of likely N-dealkylation sites (N-methyl/N-ethyl adjacent to an activating group) is 1. The molecule has 1 aliphatic carbocycles. The van der Waals surface area contributed by atoms with Crippen LogP contribution in [0.2, 0.25) is 5.02 Å². The molecule has 1 amide bonds. The van der Waals surface area contributed by atoms with E-state index in [0.717, 1.165) is 36.5 Å². The van der Waals surface area contributed by atoms with E-state index in [1.54, 1.807) is 0 Å². The zero-order valence-electron chi connectivity index (χ0n) is 12.2. The number of piperidine rings is 1. The van der Waals surface area contributed by atoms with Crippen LogP contribution in [-0.4, -0.2) is 37.0 Å². The summed E-state index contributed by atoms with van der Waals surface area (Å²) in [5.74, 6) is 0.784. The molecule has 1 aromatic rings. The molecule has 0 radical (unpaired) electrons. The zero-order valence-corrected chi connectivity index (χ0v) is 13.8. The fourth-order valence-electron chi connectivity index (χ4n) is 3.23. The van der Waals surface area contributed by atoms with Crippen molar-refractivity contribution in [2.24, 2.45) is 5.92 Å². The van der Waals surface area contributed by atoms with Gasteiger partial charge in [-0.1, -0.05) is 29.8 Å². The lowest BCUT2D eigenvalue weighted by atomic mass is 10.0. The van der Waals surface area contributed by atoms with Crippen LogP contribution in [-0.2, 0) is 4.79 Å². The normalized spacial score (nSPS) is 27.9. The average molecular weight is 329 g/mol. The molecule has 0 spiro atoms. The van der Waals surface area contributed by atoms with Gasteiger partial charge < -0.3 is 10.2 Å². The quantitative estimate of drug-likeness (QED) is 0.924. The molecule has 2 aliphatic rings. The van der Waals surface area contributed by atoms with Crippen LogP contribution < -0.4 is 5.32 Å². The van der Waals surface area contributed by atoms with Crippen LogP contribution in [0.4, 0.5) is 0 Å². The first kappa shape index (κ1) is 16.6. The highest BCUT2D eigenvalue weighted by Crippen LogP contribution is 2.50. The minimum Gasteiger partial charge on any atom is -0.341 e. The predicted molar refractivity (Wildman–Crippen MR) is 88.2 cm³/mol. The Morgan fingerprint density at radius 3 is 2.86 bits per heavy atom. The molecule has 5 heteroatoms. The molecule has 3 unspecified atom stereocenters. The van der Waals surface area contributed by atoms with Crippen molar-refractivity contribution in [2.45, 2.75) is 31.2 Å². The average Bonchev–Trinajstić information content (AvgIpc) is 3.27. The van der Waals surface area contributed by atoms with E-state index >= 15 is 0 Å². The van der Waals surface area contributed by atoms with Crippen LogP contribution in [0.25, 0.3) is 0 Å². The van der Waals surface area contributed by atoms with Crippen LogP contribution >= 0.6 is 24.0 Å². The summed E-state index contributed by atoms with van der Waals surface area (Å²) < 4.78 is 0. The van der Waals surface area contributed by atoms with E-state index in [1.807, 2.05) is 36.2 Å². The van der Waals surface area contributed by atoms with Gasteiger partial charge in [-0.3, -0.25) is 4.79 Å². The second kappa shape index (κ2) is 6.99. The summed E-state index contributed by atoms with van der Waals surface area (Å²) in [7, 11) is 1.97. The molecular weight excluding hydrogens is 307 g/mol. The lowest BCUT2D eigenvalue weighted by Gasteiger charge is -2.32. The molecule has 3 atom stereocenters. The third kappa shape index (κ3) is 3.53. The van der Waals surface area contributed by atoms with Crippen molar-refractivity contribution in [3.8, 4) is 0 Å². The molecule has 21 heavy (non-hydrogen) atoms. The second-order valence-electron chi connectivity index (χ2n) is 5.88. The number of nitrogens with zero attached hydrogens (tertiary/aromatic N) is 1. The van der Waals surface area contributed by atoms with E-state index in [0.29, 0.717) is 17.9 Å². The summed E-state index contributed by atoms with van der Waals surface area (Å²) in [5, 5.41) is 4.08. The fraction of sp³-hybridized carbons (Fsp3) is 0.562. The first-order valence-corrected chi connectivity index (χ1v) is 7.79. The maximum Gasteiger partial charge on any atom is 0.226 e. The van der Waals surface area contributed by atoms with Crippen molar-refractivity contribution in [1.29, 1.82) is 0 Å². The van der Waals surface area contributed by atoms with E-state index in [9.17, 15) is 4.79 Å². The molecular formula is C16H22Cl2N2O. The Labute approximate surface area is 137 Å². The van der Waals surface area contributed by atoms with Gasteiger partial charge in [0.2, 0.25) is 5.91 Å². The number of benzene rings is 1. The lowest BCUT2D eigenvalue weighted by molar-refractivity contribution is -0.134. The summed E-state index contributed by atoms with van der Waals surface area (Å²) in [6.45, 7) is 1.75. The minimum atomic E-state index is 0. The molecule has 3 nitrogen and oxygen atoms in total. The molecule has 116 valence electrons. The Morgan fingerprint density at radius 1 is 1.38 bits per heavy atom. The Balaban J connectivity index is 0.00000161. The molecule has 1 aromatic carbocycles. The number of amides is 1. The predicted octanol–water partition coefficient (Wildman–Crippen LogP) is 3.08. The second-order valence-corrected chi connectivity index (χ2v) is 6.29. The number of carbonyl (C=O) groups is 1. The summed E-state index contributed by atoms with van der Waals surface area (Å²) in [5.41, 5.74) is 1.13. The molecule has 0 aromatic heterocycles. The van der Waals surface area contributed by atoms with E-state index in [-0.39, 0.29) is 18.3 Å². The SMILES string of the molecule is CNC1CCCN(C(=O)C2CC2c2ccccc2Cl)C1.Cl. The molecule has 1 heterocycles. The van der Waals surface area contributed by atoms with E-state index in [2.05, 4.69) is 5.32 Å². The van der Waals surface area contributed by atoms with Crippen molar-refractivity contribution in [1.82, 2.24) is 10.2 Å². The van der Waals surface area contributed by atoms with Gasteiger partial charge in [-0.2, -0.15) is 0 Å². The topological polar surface area (TPSA) is 32.3 Å². The van der Waals surface area contributed by atoms with Crippen LogP contribution in [0.3, 0.4) is 0 Å². The Bertz CT molecular complexity index is 509. The third-order valence-corrected chi connectivity index (χ3v) is 4.90. The zero-order chi connectivity index (χ0) is 14.1. The maximum atomic E-state index is 12.6. The smallest absolute Gasteiger partial charge is 0.226 e. The molecule has 3 rings (SSSR count). The largest absolute Gasteiger partial charge is 0.341 e. The molecule has 1 saturated heterocycles. The first-order valence-electron chi connectivity index (χ1n) is 7.41. The van der Waals surface area contributed by atoms with Gasteiger partial charge in [-0.25, -0.2) is 0 Å². The van der Waals surface area contributed by atoms with Crippen molar-refractivity contribution in [2.75, 3.05) is 20.1 Å². The van der Waals surface area contributed by atoms with Crippen molar-refractivity contribution >= 4 is 29.9 Å². The number of rotatable bonds is 3. The van der Waals surface area contributed by atoms with Crippen molar-refractivity contribution in [3.63, 3.8) is 0 Å². The van der Waals surface area contributed by atoms with Crippen LogP contribution in [0.5, 0.6) is 0 Å². The number of halogens is 2. The highest BCUT2D eigenvalue weighted by molar-refractivity contribution is 6.31. The van der Waals surface area contributed by atoms with E-state index in [4.69, 9.17) is 11.6 Å². The molecule has 1 aliphatic heterocycles. The Hall–Kier alpha value is -0.770. The molecule has 1 saturated carbocycles. The van der Waals surface area contributed by atoms with Gasteiger partial charge in [0, 0.05) is 30.1 Å². The van der Waals surface area contributed by atoms with Gasteiger partial charge in [-0.05, 0) is 43.9 Å². The Morgan fingerprint density at radius 2 is 2.14 bits per heavy atom. The van der Waals surface area contributed by atoms with Gasteiger partial charge in [0.15, 0.2) is 0 Å².